The molecule has 0 spiro atoms. The van der Waals surface area contributed by atoms with Gasteiger partial charge in [-0.05, 0) is 57.8 Å². The van der Waals surface area contributed by atoms with E-state index in [1.165, 1.54) is 411 Å². The zero-order chi connectivity index (χ0) is 65.6. The van der Waals surface area contributed by atoms with E-state index in [1.807, 2.05) is 6.08 Å². The van der Waals surface area contributed by atoms with E-state index in [9.17, 15) is 19.8 Å². The van der Waals surface area contributed by atoms with E-state index in [0.717, 1.165) is 44.9 Å². The second-order valence-electron chi connectivity index (χ2n) is 29.2. The first-order valence-corrected chi connectivity index (χ1v) is 42.1. The normalized spacial score (nSPS) is 12.5. The number of ether oxygens (including phenoxy) is 1. The zero-order valence-corrected chi connectivity index (χ0v) is 62.1. The first-order chi connectivity index (χ1) is 45.0. The molecular weight excluding hydrogens is 1110 g/mol. The Morgan fingerprint density at radius 3 is 0.780 bits per heavy atom. The van der Waals surface area contributed by atoms with Gasteiger partial charge in [-0.15, -0.1) is 0 Å². The summed E-state index contributed by atoms with van der Waals surface area (Å²) in [4.78, 5) is 24.7. The summed E-state index contributed by atoms with van der Waals surface area (Å²) in [6.45, 7) is 4.96. The average Bonchev–Trinajstić information content (AvgIpc) is 3.75. The van der Waals surface area contributed by atoms with Gasteiger partial charge >= 0.3 is 5.97 Å². The number of carbonyl (C=O) groups is 2. The van der Waals surface area contributed by atoms with Gasteiger partial charge in [0, 0.05) is 12.8 Å². The number of rotatable bonds is 80. The van der Waals surface area contributed by atoms with E-state index in [2.05, 4.69) is 31.3 Å². The molecule has 0 rings (SSSR count). The van der Waals surface area contributed by atoms with Crippen LogP contribution in [0.3, 0.4) is 0 Å². The summed E-state index contributed by atoms with van der Waals surface area (Å²) in [5.41, 5.74) is 0. The van der Waals surface area contributed by atoms with Crippen molar-refractivity contribution in [1.82, 2.24) is 5.32 Å². The predicted molar refractivity (Wildman–Crippen MR) is 403 cm³/mol. The van der Waals surface area contributed by atoms with Gasteiger partial charge in [-0.2, -0.15) is 0 Å². The summed E-state index contributed by atoms with van der Waals surface area (Å²) in [5, 5.41) is 23.3. The van der Waals surface area contributed by atoms with Gasteiger partial charge in [-0.3, -0.25) is 9.59 Å². The second-order valence-corrected chi connectivity index (χ2v) is 29.2. The third-order valence-corrected chi connectivity index (χ3v) is 20.0. The fraction of sp³-hybridized carbons (Fsp3) is 0.929. The molecule has 2 unspecified atom stereocenters. The van der Waals surface area contributed by atoms with Crippen LogP contribution in [0.2, 0.25) is 0 Å². The van der Waals surface area contributed by atoms with Crippen molar-refractivity contribution in [1.29, 1.82) is 0 Å². The minimum absolute atomic E-state index is 0.0161. The number of aliphatic hydroxyl groups excluding tert-OH is 2. The van der Waals surface area contributed by atoms with Crippen LogP contribution in [-0.4, -0.2) is 47.4 Å². The van der Waals surface area contributed by atoms with Gasteiger partial charge in [0.25, 0.3) is 0 Å². The minimum atomic E-state index is -0.842. The van der Waals surface area contributed by atoms with Crippen LogP contribution in [0.1, 0.15) is 483 Å². The summed E-state index contributed by atoms with van der Waals surface area (Å²) in [6.07, 6.45) is 105. The topological polar surface area (TPSA) is 95.9 Å². The van der Waals surface area contributed by atoms with Crippen molar-refractivity contribution in [3.05, 3.63) is 24.3 Å². The van der Waals surface area contributed by atoms with Crippen LogP contribution >= 0.6 is 0 Å². The molecule has 6 heteroatoms. The van der Waals surface area contributed by atoms with E-state index in [-0.39, 0.29) is 18.5 Å². The maximum Gasteiger partial charge on any atom is 0.305 e. The Labute approximate surface area is 571 Å². The van der Waals surface area contributed by atoms with Crippen molar-refractivity contribution in [2.45, 2.75) is 495 Å². The van der Waals surface area contributed by atoms with Crippen LogP contribution in [0.5, 0.6) is 0 Å². The van der Waals surface area contributed by atoms with Gasteiger partial charge in [0.2, 0.25) is 5.91 Å². The van der Waals surface area contributed by atoms with Gasteiger partial charge in [-0.1, -0.05) is 436 Å². The lowest BCUT2D eigenvalue weighted by Gasteiger charge is -2.20. The van der Waals surface area contributed by atoms with E-state index < -0.39 is 12.1 Å². The number of unbranched alkanes of at least 4 members (excludes halogenated alkanes) is 67. The van der Waals surface area contributed by atoms with Crippen molar-refractivity contribution >= 4 is 11.9 Å². The lowest BCUT2D eigenvalue weighted by atomic mass is 10.0. The SMILES string of the molecule is CCCCCCCCC/C=C\CCCCCCCC(=O)OCCCCCCCCCCCCCCCCCCCCCCCCCCCCCCCCCCCCCC(=O)NC(CO)C(O)/C=C/CCCCCCCCCCCCCCCCCCCCCCC. The van der Waals surface area contributed by atoms with Crippen molar-refractivity contribution in [2.75, 3.05) is 13.2 Å². The van der Waals surface area contributed by atoms with Gasteiger partial charge in [-0.25, -0.2) is 0 Å². The van der Waals surface area contributed by atoms with Crippen LogP contribution in [0.15, 0.2) is 24.3 Å². The van der Waals surface area contributed by atoms with Crippen LogP contribution in [-0.2, 0) is 14.3 Å². The van der Waals surface area contributed by atoms with Crippen LogP contribution in [0.4, 0.5) is 0 Å². The maximum atomic E-state index is 12.6. The molecule has 6 nitrogen and oxygen atoms in total. The van der Waals surface area contributed by atoms with Crippen molar-refractivity contribution in [2.24, 2.45) is 0 Å². The largest absolute Gasteiger partial charge is 0.466 e. The summed E-state index contributed by atoms with van der Waals surface area (Å²) in [5.74, 6) is -0.0411. The molecule has 1 amide bonds. The Balaban J connectivity index is 3.33. The number of amides is 1. The molecule has 0 aliphatic heterocycles. The Morgan fingerprint density at radius 2 is 0.516 bits per heavy atom. The highest BCUT2D eigenvalue weighted by molar-refractivity contribution is 5.76. The summed E-state index contributed by atoms with van der Waals surface area (Å²) in [6, 6.07) is -0.625. The van der Waals surface area contributed by atoms with Gasteiger partial charge < -0.3 is 20.3 Å². The number of carbonyl (C=O) groups excluding carboxylic acids is 2. The van der Waals surface area contributed by atoms with Crippen LogP contribution < -0.4 is 5.32 Å². The average molecular weight is 1280 g/mol. The quantitative estimate of drug-likeness (QED) is 0.0320. The number of aliphatic hydroxyl groups is 2. The standard InChI is InChI=1S/C85H165NO5/c1-3-5-7-9-11-13-15-17-19-21-22-23-37-40-43-46-49-53-57-61-65-69-73-77-83(88)82(81-87)86-84(89)78-74-70-66-62-58-54-50-47-44-41-38-35-33-31-29-27-25-24-26-28-30-32-34-36-39-42-45-48-52-56-60-64-68-72-76-80-91-85(90)79-75-71-67-63-59-55-51-20-18-16-14-12-10-8-6-4-2/h20,51,73,77,82-83,87-88H,3-19,21-50,52-72,74-76,78-81H2,1-2H3,(H,86,89)/b51-20-,77-73+. The summed E-state index contributed by atoms with van der Waals surface area (Å²) < 4.78 is 5.51. The highest BCUT2D eigenvalue weighted by atomic mass is 16.5. The lowest BCUT2D eigenvalue weighted by molar-refractivity contribution is -0.143. The van der Waals surface area contributed by atoms with Crippen LogP contribution in [0, 0.1) is 0 Å². The lowest BCUT2D eigenvalue weighted by Crippen LogP contribution is -2.45. The summed E-state index contributed by atoms with van der Waals surface area (Å²) >= 11 is 0. The molecule has 0 aromatic heterocycles. The first-order valence-electron chi connectivity index (χ1n) is 42.1. The molecule has 91 heavy (non-hydrogen) atoms. The number of esters is 1. The van der Waals surface area contributed by atoms with Crippen molar-refractivity contribution in [3.8, 4) is 0 Å². The van der Waals surface area contributed by atoms with Gasteiger partial charge in [0.05, 0.1) is 25.4 Å². The second kappa shape index (κ2) is 80.8. The Kier molecular flexibility index (Phi) is 79.3. The Hall–Kier alpha value is -1.66. The highest BCUT2D eigenvalue weighted by Gasteiger charge is 2.18. The molecular formula is C85H165NO5. The van der Waals surface area contributed by atoms with E-state index in [4.69, 9.17) is 4.74 Å². The molecule has 0 fully saturated rings. The number of nitrogens with one attached hydrogen (secondary N) is 1. The van der Waals surface area contributed by atoms with E-state index in [0.29, 0.717) is 19.4 Å². The van der Waals surface area contributed by atoms with Crippen molar-refractivity contribution in [3.63, 3.8) is 0 Å². The van der Waals surface area contributed by atoms with Gasteiger partial charge in [0.15, 0.2) is 0 Å². The molecule has 0 saturated heterocycles. The molecule has 2 atom stereocenters. The Morgan fingerprint density at radius 1 is 0.297 bits per heavy atom. The van der Waals surface area contributed by atoms with Crippen molar-refractivity contribution < 1.29 is 24.5 Å². The van der Waals surface area contributed by atoms with Crippen LogP contribution in [0.25, 0.3) is 0 Å². The molecule has 0 saturated carbocycles. The third kappa shape index (κ3) is 77.2. The smallest absolute Gasteiger partial charge is 0.305 e. The molecule has 0 aromatic rings. The maximum absolute atomic E-state index is 12.6. The monoisotopic (exact) mass is 1280 g/mol. The molecule has 3 N–H and O–H groups in total. The molecule has 0 aliphatic rings. The van der Waals surface area contributed by atoms with E-state index >= 15 is 0 Å². The Bertz CT molecular complexity index is 1430. The number of hydrogen-bond acceptors (Lipinski definition) is 5. The fourth-order valence-electron chi connectivity index (χ4n) is 13.6. The molecule has 0 radical (unpaired) electrons. The number of hydrogen-bond donors (Lipinski definition) is 3. The summed E-state index contributed by atoms with van der Waals surface area (Å²) in [7, 11) is 0. The third-order valence-electron chi connectivity index (χ3n) is 20.0. The van der Waals surface area contributed by atoms with E-state index in [1.54, 1.807) is 6.08 Å². The molecule has 0 aromatic carbocycles. The van der Waals surface area contributed by atoms with Gasteiger partial charge in [0.1, 0.15) is 0 Å². The molecule has 0 heterocycles. The zero-order valence-electron chi connectivity index (χ0n) is 62.1. The highest BCUT2D eigenvalue weighted by Crippen LogP contribution is 2.21. The first kappa shape index (κ1) is 89.3. The predicted octanol–water partition coefficient (Wildman–Crippen LogP) is 28.0. The molecule has 540 valence electrons. The molecule has 0 aliphatic carbocycles. The minimum Gasteiger partial charge on any atom is -0.466 e. The fourth-order valence-corrected chi connectivity index (χ4v) is 13.6. The number of allylic oxidation sites excluding steroid dienone is 3. The molecule has 0 bridgehead atoms.